The van der Waals surface area contributed by atoms with Crippen LogP contribution >= 0.6 is 0 Å². The Morgan fingerprint density at radius 2 is 2.00 bits per heavy atom. The van der Waals surface area contributed by atoms with Crippen LogP contribution in [0, 0.1) is 0 Å². The zero-order chi connectivity index (χ0) is 11.3. The van der Waals surface area contributed by atoms with Crippen molar-refractivity contribution in [1.82, 2.24) is 5.32 Å². The van der Waals surface area contributed by atoms with Crippen LogP contribution in [-0.2, 0) is 9.53 Å². The summed E-state index contributed by atoms with van der Waals surface area (Å²) in [6.07, 6.45) is 2.47. The molecule has 15 heavy (non-hydrogen) atoms. The van der Waals surface area contributed by atoms with Crippen molar-refractivity contribution in [1.29, 1.82) is 0 Å². The molecule has 0 radical (unpaired) electrons. The van der Waals surface area contributed by atoms with Gasteiger partial charge in [0.2, 0.25) is 0 Å². The predicted octanol–water partition coefficient (Wildman–Crippen LogP) is 2.01. The van der Waals surface area contributed by atoms with Crippen LogP contribution < -0.4 is 5.32 Å². The van der Waals surface area contributed by atoms with Gasteiger partial charge in [0.25, 0.3) is 0 Å². The predicted molar refractivity (Wildman–Crippen MR) is 64.8 cm³/mol. The van der Waals surface area contributed by atoms with E-state index < -0.39 is 8.07 Å². The van der Waals surface area contributed by atoms with Crippen molar-refractivity contribution in [2.45, 2.75) is 51.0 Å². The molecule has 1 heterocycles. The summed E-state index contributed by atoms with van der Waals surface area (Å²) in [7, 11) is -0.860. The molecule has 0 bridgehead atoms. The number of hydrogen-bond acceptors (Lipinski definition) is 3. The fraction of sp³-hybridized carbons (Fsp3) is 0.909. The third kappa shape index (κ3) is 4.80. The number of esters is 1. The number of nitrogens with one attached hydrogen (secondary N) is 1. The second kappa shape index (κ2) is 5.65. The molecule has 4 heteroatoms. The second-order valence-corrected chi connectivity index (χ2v) is 10.5. The Hall–Kier alpha value is -0.353. The van der Waals surface area contributed by atoms with E-state index >= 15 is 0 Å². The molecule has 0 aromatic rings. The van der Waals surface area contributed by atoms with Gasteiger partial charge in [-0.15, -0.1) is 0 Å². The summed E-state index contributed by atoms with van der Waals surface area (Å²) >= 11 is 0. The number of rotatable bonds is 4. The Labute approximate surface area is 93.6 Å². The van der Waals surface area contributed by atoms with Crippen molar-refractivity contribution in [3.8, 4) is 0 Å². The van der Waals surface area contributed by atoms with Crippen LogP contribution in [0.1, 0.15) is 19.8 Å². The summed E-state index contributed by atoms with van der Waals surface area (Å²) in [6, 6.07) is 3.30. The van der Waals surface area contributed by atoms with Gasteiger partial charge in [0, 0.05) is 14.1 Å². The summed E-state index contributed by atoms with van der Waals surface area (Å²) in [6.45, 7) is 7.60. The van der Waals surface area contributed by atoms with Crippen LogP contribution in [0.3, 0.4) is 0 Å². The van der Waals surface area contributed by atoms with E-state index in [1.165, 1.54) is 24.9 Å². The number of carbonyl (C=O) groups excluding carboxylic acids is 1. The molecule has 3 nitrogen and oxygen atoms in total. The van der Waals surface area contributed by atoms with Crippen LogP contribution in [0.2, 0.25) is 25.2 Å². The van der Waals surface area contributed by atoms with Crippen LogP contribution in [0.5, 0.6) is 0 Å². The minimum atomic E-state index is -0.860. The van der Waals surface area contributed by atoms with Gasteiger partial charge in [-0.25, -0.2) is 0 Å². The number of carbonyl (C=O) groups is 1. The summed E-state index contributed by atoms with van der Waals surface area (Å²) in [5.41, 5.74) is 0. The largest absolute Gasteiger partial charge is 0.465 e. The molecule has 1 aliphatic heterocycles. The highest BCUT2D eigenvalue weighted by atomic mass is 28.3. The minimum absolute atomic E-state index is 0.125. The summed E-state index contributed by atoms with van der Waals surface area (Å²) in [4.78, 5) is 11.1. The van der Waals surface area contributed by atoms with Crippen molar-refractivity contribution >= 4 is 14.0 Å². The fourth-order valence-electron chi connectivity index (χ4n) is 2.04. The van der Waals surface area contributed by atoms with E-state index in [9.17, 15) is 4.79 Å². The molecule has 88 valence electrons. The summed E-state index contributed by atoms with van der Waals surface area (Å²) in [5, 5.41) is 3.29. The molecular weight excluding hydrogens is 206 g/mol. The molecule has 1 saturated heterocycles. The molecule has 0 spiro atoms. The summed E-state index contributed by atoms with van der Waals surface area (Å²) < 4.78 is 4.88. The highest BCUT2D eigenvalue weighted by Crippen LogP contribution is 2.28. The van der Waals surface area contributed by atoms with Gasteiger partial charge in [0.15, 0.2) is 0 Å². The zero-order valence-corrected chi connectivity index (χ0v) is 11.1. The SMILES string of the molecule is CCOC(=O)CNC1CC[Si](C)(C)CC1. The lowest BCUT2D eigenvalue weighted by Crippen LogP contribution is -2.41. The Morgan fingerprint density at radius 3 is 2.53 bits per heavy atom. The first-order valence-electron chi connectivity index (χ1n) is 5.92. The van der Waals surface area contributed by atoms with E-state index in [1.807, 2.05) is 6.92 Å². The number of hydrogen-bond donors (Lipinski definition) is 1. The molecule has 0 unspecified atom stereocenters. The third-order valence-corrected chi connectivity index (χ3v) is 6.46. The van der Waals surface area contributed by atoms with Crippen molar-refractivity contribution in [3.63, 3.8) is 0 Å². The topological polar surface area (TPSA) is 38.3 Å². The van der Waals surface area contributed by atoms with Gasteiger partial charge in [0.1, 0.15) is 0 Å². The van der Waals surface area contributed by atoms with Crippen LogP contribution in [0.15, 0.2) is 0 Å². The van der Waals surface area contributed by atoms with E-state index in [0.29, 0.717) is 19.2 Å². The standard InChI is InChI=1S/C11H23NO2Si/c1-4-14-11(13)9-12-10-5-7-15(2,3)8-6-10/h10,12H,4-9H2,1-3H3. The first-order valence-corrected chi connectivity index (χ1v) is 9.34. The monoisotopic (exact) mass is 229 g/mol. The van der Waals surface area contributed by atoms with E-state index in [2.05, 4.69) is 18.4 Å². The molecule has 1 fully saturated rings. The van der Waals surface area contributed by atoms with Gasteiger partial charge in [-0.2, -0.15) is 0 Å². The third-order valence-electron chi connectivity index (χ3n) is 3.18. The maximum atomic E-state index is 11.1. The normalized spacial score (nSPS) is 21.3. The second-order valence-electron chi connectivity index (χ2n) is 5.12. The average molecular weight is 229 g/mol. The van der Waals surface area contributed by atoms with E-state index in [4.69, 9.17) is 4.74 Å². The Morgan fingerprint density at radius 1 is 1.40 bits per heavy atom. The maximum absolute atomic E-state index is 11.1. The summed E-state index contributed by atoms with van der Waals surface area (Å²) in [5.74, 6) is -0.125. The van der Waals surface area contributed by atoms with Gasteiger partial charge in [0.05, 0.1) is 13.2 Å². The van der Waals surface area contributed by atoms with Gasteiger partial charge in [-0.3, -0.25) is 4.79 Å². The molecule has 1 aliphatic rings. The van der Waals surface area contributed by atoms with Crippen molar-refractivity contribution in [2.75, 3.05) is 13.2 Å². The highest BCUT2D eigenvalue weighted by molar-refractivity contribution is 6.77. The molecule has 0 aliphatic carbocycles. The Bertz CT molecular complexity index is 209. The molecular formula is C11H23NO2Si. The maximum Gasteiger partial charge on any atom is 0.319 e. The molecule has 0 aromatic heterocycles. The lowest BCUT2D eigenvalue weighted by Gasteiger charge is -2.33. The van der Waals surface area contributed by atoms with E-state index in [-0.39, 0.29) is 5.97 Å². The minimum Gasteiger partial charge on any atom is -0.465 e. The number of ether oxygens (including phenoxy) is 1. The first-order chi connectivity index (χ1) is 7.03. The van der Waals surface area contributed by atoms with Crippen LogP contribution in [0.25, 0.3) is 0 Å². The molecule has 1 N–H and O–H groups in total. The van der Waals surface area contributed by atoms with Gasteiger partial charge < -0.3 is 10.1 Å². The van der Waals surface area contributed by atoms with Crippen molar-refractivity contribution < 1.29 is 9.53 Å². The average Bonchev–Trinajstić information content (AvgIpc) is 2.17. The van der Waals surface area contributed by atoms with Gasteiger partial charge in [-0.1, -0.05) is 25.2 Å². The molecule has 0 atom stereocenters. The zero-order valence-electron chi connectivity index (χ0n) is 10.1. The van der Waals surface area contributed by atoms with Crippen LogP contribution in [0.4, 0.5) is 0 Å². The van der Waals surface area contributed by atoms with Crippen LogP contribution in [-0.4, -0.2) is 33.2 Å². The highest BCUT2D eigenvalue weighted by Gasteiger charge is 2.28. The van der Waals surface area contributed by atoms with Gasteiger partial charge in [-0.05, 0) is 19.8 Å². The first kappa shape index (κ1) is 12.7. The quantitative estimate of drug-likeness (QED) is 0.592. The lowest BCUT2D eigenvalue weighted by molar-refractivity contribution is -0.142. The smallest absolute Gasteiger partial charge is 0.319 e. The van der Waals surface area contributed by atoms with E-state index in [0.717, 1.165) is 0 Å². The molecule has 0 aromatic carbocycles. The lowest BCUT2D eigenvalue weighted by atomic mass is 10.1. The molecule has 0 amide bonds. The molecule has 1 rings (SSSR count). The van der Waals surface area contributed by atoms with Crippen molar-refractivity contribution in [2.24, 2.45) is 0 Å². The van der Waals surface area contributed by atoms with Crippen molar-refractivity contribution in [3.05, 3.63) is 0 Å². The fourth-order valence-corrected chi connectivity index (χ4v) is 4.55. The van der Waals surface area contributed by atoms with E-state index in [1.54, 1.807) is 0 Å². The Balaban J connectivity index is 2.16. The Kier molecular flexibility index (Phi) is 4.79. The van der Waals surface area contributed by atoms with Gasteiger partial charge >= 0.3 is 5.97 Å². The molecule has 0 saturated carbocycles.